The Balaban J connectivity index is 1.63. The summed E-state index contributed by atoms with van der Waals surface area (Å²) in [7, 11) is -3.09. The fraction of sp³-hybridized carbons (Fsp3) is 0.400. The molecule has 0 spiro atoms. The Hall–Kier alpha value is -3.01. The Kier molecular flexibility index (Phi) is 5.19. The van der Waals surface area contributed by atoms with E-state index in [4.69, 9.17) is 0 Å². The topological polar surface area (TPSA) is 107 Å². The van der Waals surface area contributed by atoms with E-state index in [2.05, 4.69) is 10.1 Å². The summed E-state index contributed by atoms with van der Waals surface area (Å²) in [6, 6.07) is 8.88. The molecule has 1 aliphatic heterocycles. The first-order valence-electron chi connectivity index (χ1n) is 9.77. The summed E-state index contributed by atoms with van der Waals surface area (Å²) in [5.74, 6) is -0.128. The van der Waals surface area contributed by atoms with Crippen LogP contribution in [-0.2, 0) is 21.2 Å². The molecule has 2 aromatic heterocycles. The highest BCUT2D eigenvalue weighted by atomic mass is 32.2. The average Bonchev–Trinajstić information content (AvgIpc) is 3.28. The lowest BCUT2D eigenvalue weighted by Crippen LogP contribution is -2.41. The summed E-state index contributed by atoms with van der Waals surface area (Å²) in [5, 5.41) is 4.48. The predicted octanol–water partition coefficient (Wildman–Crippen LogP) is 1.39. The monoisotopic (exact) mass is 429 g/mol. The van der Waals surface area contributed by atoms with Crippen LogP contribution in [0.1, 0.15) is 26.3 Å². The second-order valence-electron chi connectivity index (χ2n) is 7.75. The summed E-state index contributed by atoms with van der Waals surface area (Å²) >= 11 is 0. The predicted molar refractivity (Wildman–Crippen MR) is 113 cm³/mol. The second-order valence-corrected chi connectivity index (χ2v) is 9.98. The number of rotatable bonds is 5. The molecule has 1 aromatic carbocycles. The van der Waals surface area contributed by atoms with Crippen LogP contribution in [0.4, 0.5) is 5.69 Å². The molecule has 10 heteroatoms. The van der Waals surface area contributed by atoms with Gasteiger partial charge in [-0.1, -0.05) is 18.2 Å². The zero-order valence-corrected chi connectivity index (χ0v) is 17.6. The van der Waals surface area contributed by atoms with E-state index in [-0.39, 0.29) is 47.0 Å². The molecule has 0 unspecified atom stereocenters. The van der Waals surface area contributed by atoms with Gasteiger partial charge in [-0.15, -0.1) is 0 Å². The zero-order valence-electron chi connectivity index (χ0n) is 16.8. The fourth-order valence-corrected chi connectivity index (χ4v) is 5.55. The molecule has 9 nitrogen and oxygen atoms in total. The molecular weight excluding hydrogens is 406 g/mol. The van der Waals surface area contributed by atoms with Crippen LogP contribution in [0.25, 0.3) is 11.0 Å². The Morgan fingerprint density at radius 2 is 2.00 bits per heavy atom. The van der Waals surface area contributed by atoms with Gasteiger partial charge in [0.1, 0.15) is 18.3 Å². The molecule has 1 saturated heterocycles. The summed E-state index contributed by atoms with van der Waals surface area (Å²) in [6.45, 7) is 3.67. The van der Waals surface area contributed by atoms with E-state index in [9.17, 15) is 18.0 Å². The summed E-state index contributed by atoms with van der Waals surface area (Å²) in [4.78, 5) is 31.9. The lowest BCUT2D eigenvalue weighted by Gasteiger charge is -2.27. The van der Waals surface area contributed by atoms with Crippen LogP contribution in [-0.4, -0.2) is 51.2 Å². The van der Waals surface area contributed by atoms with Crippen molar-refractivity contribution in [2.24, 2.45) is 0 Å². The van der Waals surface area contributed by atoms with Crippen molar-refractivity contribution in [1.82, 2.24) is 19.3 Å². The molecule has 1 aliphatic rings. The van der Waals surface area contributed by atoms with Crippen molar-refractivity contribution in [3.8, 4) is 0 Å². The van der Waals surface area contributed by atoms with Gasteiger partial charge < -0.3 is 4.90 Å². The SMILES string of the molecule is CC(C)N(C(=O)Cn1cnc2c(cnn2[C@@H]2CCS(=O)(=O)C2)c1=O)c1ccccc1. The van der Waals surface area contributed by atoms with Gasteiger partial charge in [0.25, 0.3) is 5.56 Å². The number of para-hydroxylation sites is 1. The minimum atomic E-state index is -3.09. The molecule has 1 amide bonds. The van der Waals surface area contributed by atoms with Gasteiger partial charge in [-0.3, -0.25) is 14.2 Å². The lowest BCUT2D eigenvalue weighted by molar-refractivity contribution is -0.119. The maximum Gasteiger partial charge on any atom is 0.264 e. The molecule has 0 aliphatic carbocycles. The molecule has 3 aromatic rings. The van der Waals surface area contributed by atoms with E-state index in [0.29, 0.717) is 12.1 Å². The first-order valence-corrected chi connectivity index (χ1v) is 11.6. The molecule has 158 valence electrons. The van der Waals surface area contributed by atoms with Crippen molar-refractivity contribution in [3.05, 3.63) is 53.2 Å². The van der Waals surface area contributed by atoms with E-state index in [1.807, 2.05) is 44.2 Å². The number of hydrogen-bond acceptors (Lipinski definition) is 6. The highest BCUT2D eigenvalue weighted by Gasteiger charge is 2.31. The number of aromatic nitrogens is 4. The van der Waals surface area contributed by atoms with E-state index in [0.717, 1.165) is 5.69 Å². The Bertz CT molecular complexity index is 1250. The molecular formula is C20H23N5O4S. The molecule has 0 N–H and O–H groups in total. The molecule has 0 bridgehead atoms. The summed E-state index contributed by atoms with van der Waals surface area (Å²) in [5.41, 5.74) is 0.724. The van der Waals surface area contributed by atoms with Crippen molar-refractivity contribution < 1.29 is 13.2 Å². The zero-order chi connectivity index (χ0) is 21.5. The maximum absolute atomic E-state index is 13.0. The third-order valence-corrected chi connectivity index (χ3v) is 7.01. The van der Waals surface area contributed by atoms with Crippen molar-refractivity contribution >= 4 is 32.5 Å². The largest absolute Gasteiger partial charge is 0.308 e. The van der Waals surface area contributed by atoms with Crippen molar-refractivity contribution in [2.45, 2.75) is 38.9 Å². The van der Waals surface area contributed by atoms with Gasteiger partial charge in [0, 0.05) is 11.7 Å². The number of carbonyl (C=O) groups excluding carboxylic acids is 1. The number of fused-ring (bicyclic) bond motifs is 1. The van der Waals surface area contributed by atoms with Gasteiger partial charge in [0.05, 0.1) is 23.7 Å². The molecule has 1 atom stereocenters. The van der Waals surface area contributed by atoms with E-state index in [1.165, 1.54) is 21.8 Å². The molecule has 30 heavy (non-hydrogen) atoms. The molecule has 4 rings (SSSR count). The van der Waals surface area contributed by atoms with Crippen LogP contribution >= 0.6 is 0 Å². The average molecular weight is 430 g/mol. The van der Waals surface area contributed by atoms with Crippen molar-refractivity contribution in [3.63, 3.8) is 0 Å². The number of anilines is 1. The number of amides is 1. The van der Waals surface area contributed by atoms with Crippen LogP contribution in [0.5, 0.6) is 0 Å². The molecule has 3 heterocycles. The number of nitrogens with zero attached hydrogens (tertiary/aromatic N) is 5. The van der Waals surface area contributed by atoms with Crippen LogP contribution < -0.4 is 10.5 Å². The highest BCUT2D eigenvalue weighted by molar-refractivity contribution is 7.91. The van der Waals surface area contributed by atoms with Crippen molar-refractivity contribution in [2.75, 3.05) is 16.4 Å². The highest BCUT2D eigenvalue weighted by Crippen LogP contribution is 2.25. The minimum absolute atomic E-state index is 0.00649. The van der Waals surface area contributed by atoms with E-state index < -0.39 is 9.84 Å². The quantitative estimate of drug-likeness (QED) is 0.607. The molecule has 1 fully saturated rings. The Morgan fingerprint density at radius 3 is 2.63 bits per heavy atom. The van der Waals surface area contributed by atoms with Crippen LogP contribution in [0.2, 0.25) is 0 Å². The van der Waals surface area contributed by atoms with Crippen LogP contribution in [0.15, 0.2) is 47.7 Å². The second kappa shape index (κ2) is 7.67. The minimum Gasteiger partial charge on any atom is -0.308 e. The number of carbonyl (C=O) groups is 1. The number of hydrogen-bond donors (Lipinski definition) is 0. The van der Waals surface area contributed by atoms with Gasteiger partial charge in [-0.05, 0) is 32.4 Å². The lowest BCUT2D eigenvalue weighted by atomic mass is 10.2. The third-order valence-electron chi connectivity index (χ3n) is 5.26. The first kappa shape index (κ1) is 20.3. The van der Waals surface area contributed by atoms with E-state index in [1.54, 1.807) is 4.90 Å². The fourth-order valence-electron chi connectivity index (χ4n) is 3.86. The van der Waals surface area contributed by atoms with Gasteiger partial charge in [-0.2, -0.15) is 5.10 Å². The standard InChI is InChI=1S/C20H23N5O4S/c1-14(2)24(15-6-4-3-5-7-15)18(26)11-23-13-21-19-17(20(23)27)10-22-25(19)16-8-9-30(28,29)12-16/h3-7,10,13-14,16H,8-9,11-12H2,1-2H3/t16-/m1/s1. The smallest absolute Gasteiger partial charge is 0.264 e. The third kappa shape index (κ3) is 3.74. The molecule has 0 saturated carbocycles. The summed E-state index contributed by atoms with van der Waals surface area (Å²) < 4.78 is 26.3. The number of benzene rings is 1. The molecule has 0 radical (unpaired) electrons. The first-order chi connectivity index (χ1) is 14.3. The Labute approximate surface area is 173 Å². The van der Waals surface area contributed by atoms with Gasteiger partial charge in [0.2, 0.25) is 5.91 Å². The van der Waals surface area contributed by atoms with Gasteiger partial charge >= 0.3 is 0 Å². The maximum atomic E-state index is 13.0. The normalized spacial score (nSPS) is 18.2. The van der Waals surface area contributed by atoms with E-state index >= 15 is 0 Å². The van der Waals surface area contributed by atoms with Gasteiger partial charge in [0.15, 0.2) is 15.5 Å². The number of sulfone groups is 1. The van der Waals surface area contributed by atoms with Crippen LogP contribution in [0.3, 0.4) is 0 Å². The van der Waals surface area contributed by atoms with Crippen LogP contribution in [0, 0.1) is 0 Å². The van der Waals surface area contributed by atoms with Crippen molar-refractivity contribution in [1.29, 1.82) is 0 Å². The summed E-state index contributed by atoms with van der Waals surface area (Å²) in [6.07, 6.45) is 3.17. The van der Waals surface area contributed by atoms with Gasteiger partial charge in [-0.25, -0.2) is 18.1 Å². The Morgan fingerprint density at radius 1 is 1.27 bits per heavy atom.